The van der Waals surface area contributed by atoms with Gasteiger partial charge in [-0.15, -0.1) is 0 Å². The minimum atomic E-state index is 0.564. The molecule has 1 aromatic carbocycles. The fourth-order valence-corrected chi connectivity index (χ4v) is 4.07. The predicted molar refractivity (Wildman–Crippen MR) is 64.1 cm³/mol. The van der Waals surface area contributed by atoms with E-state index in [1.54, 1.807) is 11.1 Å². The molecule has 80 valence electrons. The second kappa shape index (κ2) is 3.37. The van der Waals surface area contributed by atoms with Crippen LogP contribution in [0.2, 0.25) is 0 Å². The van der Waals surface area contributed by atoms with Gasteiger partial charge in [-0.2, -0.15) is 0 Å². The van der Waals surface area contributed by atoms with Gasteiger partial charge in [0.2, 0.25) is 0 Å². The SMILES string of the molecule is CC[C@@]12CCCC[C@@H]1Cc1ccccc12. The maximum absolute atomic E-state index is 2.39. The molecule has 3 rings (SSSR count). The lowest BCUT2D eigenvalue weighted by atomic mass is 9.64. The smallest absolute Gasteiger partial charge is 0.00155 e. The molecule has 2 atom stereocenters. The van der Waals surface area contributed by atoms with Gasteiger partial charge < -0.3 is 0 Å². The van der Waals surface area contributed by atoms with Crippen LogP contribution in [0, 0.1) is 5.92 Å². The lowest BCUT2D eigenvalue weighted by molar-refractivity contribution is 0.198. The molecule has 1 fully saturated rings. The van der Waals surface area contributed by atoms with Gasteiger partial charge in [0.15, 0.2) is 0 Å². The van der Waals surface area contributed by atoms with Gasteiger partial charge in [-0.25, -0.2) is 0 Å². The zero-order valence-corrected chi connectivity index (χ0v) is 9.63. The average molecular weight is 200 g/mol. The molecular weight excluding hydrogens is 180 g/mol. The van der Waals surface area contributed by atoms with Crippen LogP contribution in [0.25, 0.3) is 0 Å². The molecule has 1 aromatic rings. The number of rotatable bonds is 1. The predicted octanol–water partition coefficient (Wildman–Crippen LogP) is 4.08. The van der Waals surface area contributed by atoms with E-state index in [1.807, 2.05) is 0 Å². The van der Waals surface area contributed by atoms with Gasteiger partial charge in [0.1, 0.15) is 0 Å². The van der Waals surface area contributed by atoms with Crippen LogP contribution < -0.4 is 0 Å². The molecule has 2 aliphatic rings. The van der Waals surface area contributed by atoms with Crippen LogP contribution in [0.3, 0.4) is 0 Å². The van der Waals surface area contributed by atoms with Gasteiger partial charge in [-0.1, -0.05) is 44.0 Å². The molecule has 0 saturated heterocycles. The van der Waals surface area contributed by atoms with Gasteiger partial charge in [-0.05, 0) is 48.1 Å². The highest BCUT2D eigenvalue weighted by Gasteiger charge is 2.45. The normalized spacial score (nSPS) is 33.5. The lowest BCUT2D eigenvalue weighted by Gasteiger charge is -2.39. The first-order chi connectivity index (χ1) is 7.37. The van der Waals surface area contributed by atoms with Crippen molar-refractivity contribution in [2.24, 2.45) is 5.92 Å². The molecule has 0 amide bonds. The van der Waals surface area contributed by atoms with E-state index in [1.165, 1.54) is 38.5 Å². The summed E-state index contributed by atoms with van der Waals surface area (Å²) >= 11 is 0. The molecule has 0 radical (unpaired) electrons. The molecule has 0 heteroatoms. The quantitative estimate of drug-likeness (QED) is 0.640. The first-order valence-corrected chi connectivity index (χ1v) is 6.45. The van der Waals surface area contributed by atoms with Crippen molar-refractivity contribution in [1.29, 1.82) is 0 Å². The summed E-state index contributed by atoms with van der Waals surface area (Å²) in [5.41, 5.74) is 3.90. The molecule has 15 heavy (non-hydrogen) atoms. The minimum absolute atomic E-state index is 0.564. The Morgan fingerprint density at radius 1 is 1.27 bits per heavy atom. The monoisotopic (exact) mass is 200 g/mol. The molecule has 0 unspecified atom stereocenters. The van der Waals surface area contributed by atoms with Crippen molar-refractivity contribution in [2.45, 2.75) is 50.9 Å². The molecule has 0 aliphatic heterocycles. The molecule has 0 bridgehead atoms. The Bertz CT molecular complexity index is 366. The van der Waals surface area contributed by atoms with Crippen LogP contribution in [0.4, 0.5) is 0 Å². The fraction of sp³-hybridized carbons (Fsp3) is 0.600. The Morgan fingerprint density at radius 3 is 3.00 bits per heavy atom. The molecule has 0 nitrogen and oxygen atoms in total. The highest BCUT2D eigenvalue weighted by atomic mass is 14.5. The summed E-state index contributed by atoms with van der Waals surface area (Å²) in [4.78, 5) is 0. The van der Waals surface area contributed by atoms with Crippen molar-refractivity contribution >= 4 is 0 Å². The van der Waals surface area contributed by atoms with E-state index in [-0.39, 0.29) is 0 Å². The first-order valence-electron chi connectivity index (χ1n) is 6.45. The summed E-state index contributed by atoms with van der Waals surface area (Å²) in [7, 11) is 0. The second-order valence-corrected chi connectivity index (χ2v) is 5.31. The van der Waals surface area contributed by atoms with Gasteiger partial charge in [0.05, 0.1) is 0 Å². The largest absolute Gasteiger partial charge is 0.0645 e. The molecule has 0 N–H and O–H groups in total. The molecule has 0 aromatic heterocycles. The molecule has 2 aliphatic carbocycles. The third kappa shape index (κ3) is 1.20. The first kappa shape index (κ1) is 9.45. The lowest BCUT2D eigenvalue weighted by Crippen LogP contribution is -2.33. The number of hydrogen-bond acceptors (Lipinski definition) is 0. The third-order valence-electron chi connectivity index (χ3n) is 4.86. The Kier molecular flexibility index (Phi) is 2.12. The van der Waals surface area contributed by atoms with Crippen molar-refractivity contribution in [2.75, 3.05) is 0 Å². The van der Waals surface area contributed by atoms with E-state index in [0.717, 1.165) is 5.92 Å². The van der Waals surface area contributed by atoms with Crippen LogP contribution in [0.15, 0.2) is 24.3 Å². The van der Waals surface area contributed by atoms with Crippen molar-refractivity contribution in [1.82, 2.24) is 0 Å². The molecular formula is C15H20. The highest BCUT2D eigenvalue weighted by molar-refractivity contribution is 5.41. The molecule has 1 saturated carbocycles. The zero-order valence-electron chi connectivity index (χ0n) is 9.63. The Balaban J connectivity index is 2.11. The standard InChI is InChI=1S/C15H20/c1-2-15-10-6-5-8-13(15)11-12-7-3-4-9-14(12)15/h3-4,7,9,13H,2,5-6,8,10-11H2,1H3/t13-,15-/m1/s1. The van der Waals surface area contributed by atoms with Crippen LogP contribution in [0.1, 0.15) is 50.2 Å². The number of benzene rings is 1. The minimum Gasteiger partial charge on any atom is -0.0645 e. The van der Waals surface area contributed by atoms with E-state index in [0.29, 0.717) is 5.41 Å². The second-order valence-electron chi connectivity index (χ2n) is 5.31. The zero-order chi connectivity index (χ0) is 10.3. The third-order valence-corrected chi connectivity index (χ3v) is 4.86. The molecule has 0 spiro atoms. The maximum Gasteiger partial charge on any atom is -0.00155 e. The average Bonchev–Trinajstić information content (AvgIpc) is 2.64. The Hall–Kier alpha value is -0.780. The van der Waals surface area contributed by atoms with Gasteiger partial charge in [0, 0.05) is 0 Å². The van der Waals surface area contributed by atoms with E-state index in [2.05, 4.69) is 31.2 Å². The summed E-state index contributed by atoms with van der Waals surface area (Å²) in [5.74, 6) is 0.952. The highest BCUT2D eigenvalue weighted by Crippen LogP contribution is 2.53. The maximum atomic E-state index is 2.39. The van der Waals surface area contributed by atoms with Crippen molar-refractivity contribution < 1.29 is 0 Å². The van der Waals surface area contributed by atoms with Crippen molar-refractivity contribution in [3.63, 3.8) is 0 Å². The summed E-state index contributed by atoms with van der Waals surface area (Å²) in [6.07, 6.45) is 8.49. The summed E-state index contributed by atoms with van der Waals surface area (Å²) in [6, 6.07) is 9.18. The van der Waals surface area contributed by atoms with Crippen LogP contribution in [-0.4, -0.2) is 0 Å². The van der Waals surface area contributed by atoms with Crippen molar-refractivity contribution in [3.8, 4) is 0 Å². The van der Waals surface area contributed by atoms with Crippen molar-refractivity contribution in [3.05, 3.63) is 35.4 Å². The number of hydrogen-bond donors (Lipinski definition) is 0. The van der Waals surface area contributed by atoms with Gasteiger partial charge >= 0.3 is 0 Å². The van der Waals surface area contributed by atoms with E-state index in [4.69, 9.17) is 0 Å². The van der Waals surface area contributed by atoms with E-state index >= 15 is 0 Å². The Labute approximate surface area is 92.7 Å². The topological polar surface area (TPSA) is 0 Å². The summed E-state index contributed by atoms with van der Waals surface area (Å²) in [6.45, 7) is 2.39. The molecule has 0 heterocycles. The Morgan fingerprint density at radius 2 is 2.13 bits per heavy atom. The van der Waals surface area contributed by atoms with Gasteiger partial charge in [0.25, 0.3) is 0 Å². The van der Waals surface area contributed by atoms with Crippen LogP contribution in [-0.2, 0) is 11.8 Å². The van der Waals surface area contributed by atoms with Crippen LogP contribution >= 0.6 is 0 Å². The number of fused-ring (bicyclic) bond motifs is 3. The van der Waals surface area contributed by atoms with Gasteiger partial charge in [-0.3, -0.25) is 0 Å². The van der Waals surface area contributed by atoms with Crippen LogP contribution in [0.5, 0.6) is 0 Å². The van der Waals surface area contributed by atoms with E-state index < -0.39 is 0 Å². The summed E-state index contributed by atoms with van der Waals surface area (Å²) < 4.78 is 0. The fourth-order valence-electron chi connectivity index (χ4n) is 4.07. The summed E-state index contributed by atoms with van der Waals surface area (Å²) in [5, 5.41) is 0. The van der Waals surface area contributed by atoms with E-state index in [9.17, 15) is 0 Å².